The Morgan fingerprint density at radius 1 is 1.05 bits per heavy atom. The van der Waals surface area contributed by atoms with Gasteiger partial charge in [0.05, 0.1) is 24.1 Å². The summed E-state index contributed by atoms with van der Waals surface area (Å²) in [7, 11) is 0. The van der Waals surface area contributed by atoms with E-state index in [1.165, 1.54) is 0 Å². The second kappa shape index (κ2) is 14.7. The van der Waals surface area contributed by atoms with Crippen molar-refractivity contribution in [2.24, 2.45) is 5.92 Å². The highest BCUT2D eigenvalue weighted by Gasteiger charge is 2.38. The summed E-state index contributed by atoms with van der Waals surface area (Å²) in [5, 5.41) is 16.0. The number of carbonyl (C=O) groups excluding carboxylic acids is 3. The Balaban J connectivity index is 1.32. The molecule has 2 amide bonds. The van der Waals surface area contributed by atoms with Crippen LogP contribution in [0.3, 0.4) is 0 Å². The van der Waals surface area contributed by atoms with Gasteiger partial charge < -0.3 is 25.2 Å². The number of cyclic esters (lactones) is 1. The predicted octanol–water partition coefficient (Wildman–Crippen LogP) is 4.00. The van der Waals surface area contributed by atoms with Gasteiger partial charge in [-0.05, 0) is 55.4 Å². The first-order valence-corrected chi connectivity index (χ1v) is 14.2. The molecule has 2 aromatic rings. The molecule has 0 radical (unpaired) electrons. The Hall–Kier alpha value is -3.65. The summed E-state index contributed by atoms with van der Waals surface area (Å²) in [6.07, 6.45) is 8.84. The minimum Gasteiger partial charge on any atom is -0.489 e. The third-order valence-electron chi connectivity index (χ3n) is 7.60. The maximum atomic E-state index is 13.3. The summed E-state index contributed by atoms with van der Waals surface area (Å²) in [5.41, 5.74) is 1.48. The Labute approximate surface area is 236 Å². The molecule has 3 N–H and O–H groups in total. The molecule has 1 fully saturated rings. The molecule has 40 heavy (non-hydrogen) atoms. The molecule has 1 heterocycles. The van der Waals surface area contributed by atoms with E-state index in [4.69, 9.17) is 9.47 Å². The Kier molecular flexibility index (Phi) is 10.7. The Morgan fingerprint density at radius 3 is 2.52 bits per heavy atom. The molecule has 0 saturated heterocycles. The number of allylic oxidation sites excluding steroid dienone is 2. The van der Waals surface area contributed by atoms with Crippen molar-refractivity contribution >= 4 is 17.8 Å². The third-order valence-corrected chi connectivity index (χ3v) is 7.60. The summed E-state index contributed by atoms with van der Waals surface area (Å²) < 4.78 is 11.3. The first-order valence-electron chi connectivity index (χ1n) is 14.2. The predicted molar refractivity (Wildman–Crippen MR) is 151 cm³/mol. The topological polar surface area (TPSA) is 114 Å². The number of esters is 1. The average Bonchev–Trinajstić information content (AvgIpc) is 3.43. The number of nitrogens with one attached hydrogen (secondary N) is 2. The van der Waals surface area contributed by atoms with Gasteiger partial charge in [-0.1, -0.05) is 67.5 Å². The van der Waals surface area contributed by atoms with E-state index < -0.39 is 17.5 Å². The second-order valence-corrected chi connectivity index (χ2v) is 10.9. The number of amides is 2. The van der Waals surface area contributed by atoms with Crippen LogP contribution in [0.4, 0.5) is 0 Å². The van der Waals surface area contributed by atoms with Gasteiger partial charge in [0.15, 0.2) is 0 Å². The molecule has 2 atom stereocenters. The average molecular weight is 549 g/mol. The van der Waals surface area contributed by atoms with Crippen molar-refractivity contribution in [1.29, 1.82) is 0 Å². The number of hydrogen-bond donors (Lipinski definition) is 3. The molecule has 0 bridgehead atoms. The summed E-state index contributed by atoms with van der Waals surface area (Å²) >= 11 is 0. The number of aliphatic hydroxyl groups excluding tert-OH is 1. The van der Waals surface area contributed by atoms with Crippen molar-refractivity contribution in [2.75, 3.05) is 13.2 Å². The fraction of sp³-hybridized carbons (Fsp3) is 0.469. The standard InChI is InChI=1S/C32H40N2O6/c35-21-27(19-24-13-15-28(16-14-24)39-22-25-9-3-1-4-10-25)33-29(36)20-26-11-5-2-6-12-30(37)40-23-32(34-31(26)38)17-7-8-18-32/h1-5,9-10,13-16,26-27,35H,6-8,11-12,17-23H2,(H,33,36)(H,34,38). The van der Waals surface area contributed by atoms with Gasteiger partial charge in [0.25, 0.3) is 0 Å². The SMILES string of the molecule is O=C(CC1CC=CCCC(=O)OCC2(CCCC2)NC1=O)NC(CO)Cc1ccc(OCc2ccccc2)cc1. The highest BCUT2D eigenvalue weighted by Crippen LogP contribution is 2.31. The largest absolute Gasteiger partial charge is 0.489 e. The van der Waals surface area contributed by atoms with Crippen molar-refractivity contribution in [3.63, 3.8) is 0 Å². The lowest BCUT2D eigenvalue weighted by Gasteiger charge is -2.32. The van der Waals surface area contributed by atoms with Crippen molar-refractivity contribution in [2.45, 2.75) is 76.0 Å². The van der Waals surface area contributed by atoms with E-state index in [1.807, 2.05) is 66.7 Å². The number of rotatable bonds is 9. The fourth-order valence-electron chi connectivity index (χ4n) is 5.29. The molecule has 0 aromatic heterocycles. The van der Waals surface area contributed by atoms with Crippen molar-refractivity contribution in [1.82, 2.24) is 10.6 Å². The Bertz CT molecular complexity index is 1140. The van der Waals surface area contributed by atoms with Crippen LogP contribution in [0, 0.1) is 5.92 Å². The van der Waals surface area contributed by atoms with Crippen LogP contribution < -0.4 is 15.4 Å². The van der Waals surface area contributed by atoms with Crippen LogP contribution in [0.1, 0.15) is 62.5 Å². The highest BCUT2D eigenvalue weighted by atomic mass is 16.5. The molecule has 1 aliphatic heterocycles. The van der Waals surface area contributed by atoms with Gasteiger partial charge in [-0.25, -0.2) is 0 Å². The molecule has 2 aromatic carbocycles. The van der Waals surface area contributed by atoms with E-state index >= 15 is 0 Å². The van der Waals surface area contributed by atoms with Gasteiger partial charge in [0.1, 0.15) is 19.0 Å². The molecular formula is C32H40N2O6. The molecule has 2 aliphatic rings. The smallest absolute Gasteiger partial charge is 0.306 e. The van der Waals surface area contributed by atoms with Crippen molar-refractivity contribution < 1.29 is 29.0 Å². The molecule has 1 spiro atoms. The van der Waals surface area contributed by atoms with E-state index in [1.54, 1.807) is 0 Å². The van der Waals surface area contributed by atoms with Crippen LogP contribution in [-0.2, 0) is 32.1 Å². The van der Waals surface area contributed by atoms with Gasteiger partial charge in [-0.15, -0.1) is 0 Å². The summed E-state index contributed by atoms with van der Waals surface area (Å²) in [5.74, 6) is -0.553. The first kappa shape index (κ1) is 29.3. The van der Waals surface area contributed by atoms with E-state index in [9.17, 15) is 19.5 Å². The van der Waals surface area contributed by atoms with Crippen LogP contribution in [0.5, 0.6) is 5.75 Å². The molecule has 8 heteroatoms. The lowest BCUT2D eigenvalue weighted by atomic mass is 9.93. The molecule has 1 saturated carbocycles. The zero-order valence-electron chi connectivity index (χ0n) is 23.0. The van der Waals surface area contributed by atoms with Crippen LogP contribution in [0.15, 0.2) is 66.7 Å². The summed E-state index contributed by atoms with van der Waals surface area (Å²) in [4.78, 5) is 38.4. The van der Waals surface area contributed by atoms with E-state index in [0.29, 0.717) is 32.3 Å². The Morgan fingerprint density at radius 2 is 1.80 bits per heavy atom. The minimum atomic E-state index is -0.561. The summed E-state index contributed by atoms with van der Waals surface area (Å²) in [6.45, 7) is 0.428. The van der Waals surface area contributed by atoms with Crippen LogP contribution in [0.2, 0.25) is 0 Å². The van der Waals surface area contributed by atoms with Gasteiger partial charge in [-0.2, -0.15) is 0 Å². The summed E-state index contributed by atoms with van der Waals surface area (Å²) in [6, 6.07) is 17.1. The molecule has 214 valence electrons. The zero-order valence-corrected chi connectivity index (χ0v) is 23.0. The normalized spacial score (nSPS) is 20.1. The fourth-order valence-corrected chi connectivity index (χ4v) is 5.29. The quantitative estimate of drug-likeness (QED) is 0.322. The van der Waals surface area contributed by atoms with Gasteiger partial charge in [-0.3, -0.25) is 14.4 Å². The molecule has 8 nitrogen and oxygen atoms in total. The highest BCUT2D eigenvalue weighted by molar-refractivity contribution is 5.86. The molecule has 4 rings (SSSR count). The van der Waals surface area contributed by atoms with E-state index in [0.717, 1.165) is 42.6 Å². The van der Waals surface area contributed by atoms with Gasteiger partial charge >= 0.3 is 5.97 Å². The van der Waals surface area contributed by atoms with Crippen molar-refractivity contribution in [3.05, 3.63) is 77.9 Å². The minimum absolute atomic E-state index is 0.00873. The lowest BCUT2D eigenvalue weighted by Crippen LogP contribution is -2.52. The third kappa shape index (κ3) is 8.95. The zero-order chi connectivity index (χ0) is 28.2. The van der Waals surface area contributed by atoms with Gasteiger partial charge in [0, 0.05) is 12.8 Å². The van der Waals surface area contributed by atoms with E-state index in [2.05, 4.69) is 10.6 Å². The van der Waals surface area contributed by atoms with E-state index in [-0.39, 0.29) is 37.4 Å². The first-order chi connectivity index (χ1) is 19.4. The maximum Gasteiger partial charge on any atom is 0.306 e. The van der Waals surface area contributed by atoms with Gasteiger partial charge in [0.2, 0.25) is 11.8 Å². The number of carbonyl (C=O) groups is 3. The monoisotopic (exact) mass is 548 g/mol. The molecular weight excluding hydrogens is 508 g/mol. The number of hydrogen-bond acceptors (Lipinski definition) is 6. The molecule has 2 unspecified atom stereocenters. The second-order valence-electron chi connectivity index (χ2n) is 10.9. The number of ether oxygens (including phenoxy) is 2. The van der Waals surface area contributed by atoms with Crippen LogP contribution in [-0.4, -0.2) is 47.7 Å². The van der Waals surface area contributed by atoms with Crippen molar-refractivity contribution in [3.8, 4) is 5.75 Å². The van der Waals surface area contributed by atoms with Crippen LogP contribution in [0.25, 0.3) is 0 Å². The maximum absolute atomic E-state index is 13.3. The van der Waals surface area contributed by atoms with Crippen LogP contribution >= 0.6 is 0 Å². The molecule has 1 aliphatic carbocycles. The number of aliphatic hydroxyl groups is 1. The lowest BCUT2D eigenvalue weighted by molar-refractivity contribution is -0.147. The number of benzene rings is 2.